The van der Waals surface area contributed by atoms with Gasteiger partial charge < -0.3 is 5.32 Å². The number of ketones is 1. The molecule has 37 heavy (non-hydrogen) atoms. The average molecular weight is 491 g/mol. The quantitative estimate of drug-likeness (QED) is 0.305. The molecule has 0 aliphatic rings. The van der Waals surface area contributed by atoms with Gasteiger partial charge in [-0.2, -0.15) is 10.2 Å². The number of hydrogen-bond acceptors (Lipinski definition) is 5. The predicted octanol–water partition coefficient (Wildman–Crippen LogP) is 5.22. The monoisotopic (exact) mass is 490 g/mol. The molecule has 8 nitrogen and oxygen atoms in total. The number of nitrogens with one attached hydrogen (secondary N) is 2. The third-order valence-electron chi connectivity index (χ3n) is 6.23. The van der Waals surface area contributed by atoms with Gasteiger partial charge in [-0.3, -0.25) is 24.4 Å². The van der Waals surface area contributed by atoms with Gasteiger partial charge in [0.1, 0.15) is 5.69 Å². The molecule has 0 aliphatic heterocycles. The van der Waals surface area contributed by atoms with Crippen LogP contribution < -0.4 is 5.32 Å². The minimum absolute atomic E-state index is 0.147. The number of pyridine rings is 1. The molecule has 2 N–H and O–H groups in total. The Kier molecular flexibility index (Phi) is 6.47. The molecule has 0 radical (unpaired) electrons. The van der Waals surface area contributed by atoms with Crippen molar-refractivity contribution in [2.75, 3.05) is 5.32 Å². The van der Waals surface area contributed by atoms with E-state index in [0.29, 0.717) is 22.5 Å². The first kappa shape index (κ1) is 23.9. The van der Waals surface area contributed by atoms with Gasteiger partial charge in [-0.25, -0.2) is 0 Å². The van der Waals surface area contributed by atoms with E-state index in [4.69, 9.17) is 0 Å². The summed E-state index contributed by atoms with van der Waals surface area (Å²) in [4.78, 5) is 30.5. The highest BCUT2D eigenvalue weighted by atomic mass is 16.2. The normalized spacial score (nSPS) is 11.3. The number of hydrogen-bond donors (Lipinski definition) is 2. The predicted molar refractivity (Wildman–Crippen MR) is 144 cm³/mol. The Labute approximate surface area is 214 Å². The highest BCUT2D eigenvalue weighted by molar-refractivity contribution is 6.12. The number of aryl methyl sites for hydroxylation is 3. The van der Waals surface area contributed by atoms with Crippen molar-refractivity contribution < 1.29 is 9.59 Å². The highest BCUT2D eigenvalue weighted by Crippen LogP contribution is 2.24. The zero-order valence-electron chi connectivity index (χ0n) is 20.8. The van der Waals surface area contributed by atoms with Crippen LogP contribution in [0.4, 0.5) is 5.69 Å². The van der Waals surface area contributed by atoms with Gasteiger partial charge in [-0.1, -0.05) is 31.2 Å². The molecule has 0 bridgehead atoms. The van der Waals surface area contributed by atoms with Crippen molar-refractivity contribution in [3.8, 4) is 0 Å². The fourth-order valence-electron chi connectivity index (χ4n) is 4.11. The first-order valence-corrected chi connectivity index (χ1v) is 12.0. The van der Waals surface area contributed by atoms with Crippen LogP contribution in [0.2, 0.25) is 0 Å². The van der Waals surface area contributed by atoms with E-state index in [2.05, 4.69) is 25.6 Å². The van der Waals surface area contributed by atoms with Crippen molar-refractivity contribution in [1.82, 2.24) is 25.0 Å². The Morgan fingerprint density at radius 2 is 1.84 bits per heavy atom. The third kappa shape index (κ3) is 4.95. The van der Waals surface area contributed by atoms with Gasteiger partial charge in [-0.15, -0.1) is 0 Å². The molecule has 8 heteroatoms. The van der Waals surface area contributed by atoms with Gasteiger partial charge >= 0.3 is 0 Å². The van der Waals surface area contributed by atoms with Gasteiger partial charge in [0, 0.05) is 35.4 Å². The molecular weight excluding hydrogens is 464 g/mol. The van der Waals surface area contributed by atoms with Gasteiger partial charge in [0.25, 0.3) is 5.91 Å². The maximum absolute atomic E-state index is 13.3. The van der Waals surface area contributed by atoms with E-state index in [1.807, 2.05) is 56.3 Å². The molecule has 184 valence electrons. The van der Waals surface area contributed by atoms with Crippen LogP contribution in [0.3, 0.4) is 0 Å². The van der Waals surface area contributed by atoms with Crippen LogP contribution in [-0.2, 0) is 13.5 Å². The zero-order chi connectivity index (χ0) is 25.9. The molecule has 0 aliphatic carbocycles. The van der Waals surface area contributed by atoms with Crippen LogP contribution in [0.15, 0.2) is 66.9 Å². The number of nitrogens with zero attached hydrogens (tertiary/aromatic N) is 4. The number of rotatable bonds is 7. The lowest BCUT2D eigenvalue weighted by molar-refractivity contribution is 0.101. The van der Waals surface area contributed by atoms with Gasteiger partial charge in [0.05, 0.1) is 22.6 Å². The van der Waals surface area contributed by atoms with E-state index in [0.717, 1.165) is 40.0 Å². The van der Waals surface area contributed by atoms with E-state index in [1.54, 1.807) is 48.3 Å². The lowest BCUT2D eigenvalue weighted by Crippen LogP contribution is -2.17. The number of amides is 1. The number of aromatic amines is 1. The second-order valence-corrected chi connectivity index (χ2v) is 8.77. The second kappa shape index (κ2) is 10.0. The molecule has 0 saturated carbocycles. The number of carbonyl (C=O) groups is 2. The van der Waals surface area contributed by atoms with E-state index < -0.39 is 0 Å². The van der Waals surface area contributed by atoms with Gasteiger partial charge in [0.2, 0.25) is 0 Å². The topological polar surface area (TPSA) is 106 Å². The van der Waals surface area contributed by atoms with Crippen LogP contribution in [-0.4, -0.2) is 36.7 Å². The number of anilines is 1. The molecule has 5 rings (SSSR count). The molecule has 5 aromatic rings. The lowest BCUT2D eigenvalue weighted by atomic mass is 9.99. The summed E-state index contributed by atoms with van der Waals surface area (Å²) in [6, 6.07) is 18.3. The van der Waals surface area contributed by atoms with Crippen LogP contribution in [0, 0.1) is 6.92 Å². The number of aromatic nitrogens is 5. The number of carbonyl (C=O) groups excluding carboxylic acids is 2. The highest BCUT2D eigenvalue weighted by Gasteiger charge is 2.17. The van der Waals surface area contributed by atoms with Crippen molar-refractivity contribution in [3.05, 3.63) is 106 Å². The molecule has 1 amide bonds. The standard InChI is InChI=1S/C29H26N6O2/c1-4-21-17-27(35(3)34-21)29(37)31-25-15-19(9-8-18(25)2)28(36)20-10-12-23-24(32-33-26(23)16-20)13-11-22-7-5-6-14-30-22/h5-17H,4H2,1-3H3,(H,31,37)(H,32,33). The van der Waals surface area contributed by atoms with Crippen LogP contribution in [0.25, 0.3) is 23.1 Å². The van der Waals surface area contributed by atoms with E-state index in [1.165, 1.54) is 0 Å². The molecule has 2 aromatic carbocycles. The Bertz CT molecular complexity index is 1650. The first-order chi connectivity index (χ1) is 17.9. The first-order valence-electron chi connectivity index (χ1n) is 12.0. The third-order valence-corrected chi connectivity index (χ3v) is 6.23. The molecular formula is C29H26N6O2. The fourth-order valence-corrected chi connectivity index (χ4v) is 4.11. The average Bonchev–Trinajstić information content (AvgIpc) is 3.51. The van der Waals surface area contributed by atoms with Crippen LogP contribution >= 0.6 is 0 Å². The summed E-state index contributed by atoms with van der Waals surface area (Å²) < 4.78 is 1.57. The molecule has 0 fully saturated rings. The molecule has 3 aromatic heterocycles. The molecule has 0 spiro atoms. The fraction of sp³-hybridized carbons (Fsp3) is 0.138. The number of benzene rings is 2. The second-order valence-electron chi connectivity index (χ2n) is 8.77. The van der Waals surface area contributed by atoms with Gasteiger partial charge in [-0.05, 0) is 67.5 Å². The minimum Gasteiger partial charge on any atom is -0.320 e. The van der Waals surface area contributed by atoms with Crippen molar-refractivity contribution >= 4 is 40.4 Å². The maximum Gasteiger partial charge on any atom is 0.273 e. The van der Waals surface area contributed by atoms with Crippen LogP contribution in [0.5, 0.6) is 0 Å². The number of fused-ring (bicyclic) bond motifs is 1. The van der Waals surface area contributed by atoms with Crippen molar-refractivity contribution in [2.45, 2.75) is 20.3 Å². The zero-order valence-corrected chi connectivity index (χ0v) is 20.8. The maximum atomic E-state index is 13.3. The Morgan fingerprint density at radius 1 is 1.03 bits per heavy atom. The van der Waals surface area contributed by atoms with E-state index >= 15 is 0 Å². The summed E-state index contributed by atoms with van der Waals surface area (Å²) in [6.07, 6.45) is 6.27. The minimum atomic E-state index is -0.271. The van der Waals surface area contributed by atoms with Crippen molar-refractivity contribution in [2.24, 2.45) is 7.05 Å². The smallest absolute Gasteiger partial charge is 0.273 e. The van der Waals surface area contributed by atoms with Gasteiger partial charge in [0.15, 0.2) is 5.78 Å². The Morgan fingerprint density at radius 3 is 2.59 bits per heavy atom. The largest absolute Gasteiger partial charge is 0.320 e. The summed E-state index contributed by atoms with van der Waals surface area (Å²) in [5.74, 6) is -0.418. The summed E-state index contributed by atoms with van der Waals surface area (Å²) in [6.45, 7) is 3.88. The van der Waals surface area contributed by atoms with Crippen LogP contribution in [0.1, 0.15) is 56.0 Å². The Hall–Kier alpha value is -4.85. The molecule has 3 heterocycles. The summed E-state index contributed by atoms with van der Waals surface area (Å²) in [5.41, 5.74) is 6.11. The lowest BCUT2D eigenvalue weighted by Gasteiger charge is -2.11. The molecule has 0 atom stereocenters. The van der Waals surface area contributed by atoms with Crippen molar-refractivity contribution in [1.29, 1.82) is 0 Å². The summed E-state index contributed by atoms with van der Waals surface area (Å²) in [5, 5.41) is 15.6. The number of H-pyrrole nitrogens is 1. The Balaban J connectivity index is 1.38. The van der Waals surface area contributed by atoms with E-state index in [9.17, 15) is 9.59 Å². The molecule has 0 unspecified atom stereocenters. The molecule has 0 saturated heterocycles. The SMILES string of the molecule is CCc1cc(C(=O)Nc2cc(C(=O)c3ccc4c(C=Cc5ccccn5)n[nH]c4c3)ccc2C)n(C)n1. The summed E-state index contributed by atoms with van der Waals surface area (Å²) in [7, 11) is 1.74. The van der Waals surface area contributed by atoms with Crippen molar-refractivity contribution in [3.63, 3.8) is 0 Å². The van der Waals surface area contributed by atoms with E-state index in [-0.39, 0.29) is 11.7 Å². The summed E-state index contributed by atoms with van der Waals surface area (Å²) >= 11 is 0.